The van der Waals surface area contributed by atoms with E-state index in [4.69, 9.17) is 0 Å². The molecule has 3 nitrogen and oxygen atoms in total. The molecule has 0 aromatic heterocycles. The number of hydrogen-bond acceptors (Lipinski definition) is 2. The van der Waals surface area contributed by atoms with Gasteiger partial charge in [0.05, 0.1) is 0 Å². The van der Waals surface area contributed by atoms with Crippen LogP contribution in [-0.4, -0.2) is 36.0 Å². The highest BCUT2D eigenvalue weighted by Crippen LogP contribution is 2.28. The van der Waals surface area contributed by atoms with Gasteiger partial charge in [0.25, 0.3) is 5.91 Å². The van der Waals surface area contributed by atoms with Crippen LogP contribution in [0.15, 0.2) is 66.7 Å². The average Bonchev–Trinajstić information content (AvgIpc) is 2.76. The molecule has 0 unspecified atom stereocenters. The van der Waals surface area contributed by atoms with E-state index >= 15 is 0 Å². The van der Waals surface area contributed by atoms with Crippen molar-refractivity contribution in [2.75, 3.05) is 13.1 Å². The SMILES string of the molecule is O=C(N[C@H]1CC[C@H](N2CC=C(c3ccccc3)CC2)CC1)c1ccccc1. The maximum absolute atomic E-state index is 12.3. The fourth-order valence-electron chi connectivity index (χ4n) is 4.37. The zero-order valence-corrected chi connectivity index (χ0v) is 15.8. The zero-order valence-electron chi connectivity index (χ0n) is 15.8. The molecule has 1 amide bonds. The van der Waals surface area contributed by atoms with Crippen LogP contribution in [0, 0.1) is 0 Å². The zero-order chi connectivity index (χ0) is 18.5. The summed E-state index contributed by atoms with van der Waals surface area (Å²) >= 11 is 0. The Balaban J connectivity index is 1.26. The van der Waals surface area contributed by atoms with Gasteiger partial charge in [-0.1, -0.05) is 54.6 Å². The molecule has 3 heteroatoms. The molecule has 0 spiro atoms. The second-order valence-corrected chi connectivity index (χ2v) is 7.69. The number of carbonyl (C=O) groups is 1. The third-order valence-electron chi connectivity index (χ3n) is 5.97. The summed E-state index contributed by atoms with van der Waals surface area (Å²) < 4.78 is 0. The Hall–Kier alpha value is -2.39. The van der Waals surface area contributed by atoms with Gasteiger partial charge in [-0.3, -0.25) is 9.69 Å². The number of amides is 1. The first-order chi connectivity index (χ1) is 13.3. The van der Waals surface area contributed by atoms with Crippen LogP contribution in [0.5, 0.6) is 0 Å². The molecule has 1 saturated carbocycles. The summed E-state index contributed by atoms with van der Waals surface area (Å²) in [6.07, 6.45) is 8.04. The summed E-state index contributed by atoms with van der Waals surface area (Å²) in [6.45, 7) is 2.20. The molecule has 1 aliphatic heterocycles. The van der Waals surface area contributed by atoms with E-state index < -0.39 is 0 Å². The van der Waals surface area contributed by atoms with Crippen LogP contribution < -0.4 is 5.32 Å². The van der Waals surface area contributed by atoms with Crippen molar-refractivity contribution in [2.45, 2.75) is 44.2 Å². The number of carbonyl (C=O) groups excluding carboxylic acids is 1. The molecule has 4 rings (SSSR count). The van der Waals surface area contributed by atoms with E-state index in [1.165, 1.54) is 24.0 Å². The minimum absolute atomic E-state index is 0.0625. The number of nitrogens with one attached hydrogen (secondary N) is 1. The molecule has 0 atom stereocenters. The van der Waals surface area contributed by atoms with Crippen molar-refractivity contribution in [3.05, 3.63) is 77.9 Å². The van der Waals surface area contributed by atoms with E-state index in [1.54, 1.807) is 0 Å². The molecule has 0 bridgehead atoms. The molecule has 2 aliphatic rings. The van der Waals surface area contributed by atoms with Gasteiger partial charge in [0.15, 0.2) is 0 Å². The van der Waals surface area contributed by atoms with Crippen molar-refractivity contribution < 1.29 is 4.79 Å². The van der Waals surface area contributed by atoms with Crippen LogP contribution in [0.3, 0.4) is 0 Å². The van der Waals surface area contributed by atoms with E-state index in [1.807, 2.05) is 30.3 Å². The molecule has 140 valence electrons. The van der Waals surface area contributed by atoms with Crippen LogP contribution in [0.4, 0.5) is 0 Å². The minimum atomic E-state index is 0.0625. The van der Waals surface area contributed by atoms with Gasteiger partial charge in [-0.15, -0.1) is 0 Å². The lowest BCUT2D eigenvalue weighted by molar-refractivity contribution is 0.0907. The lowest BCUT2D eigenvalue weighted by atomic mass is 9.88. The average molecular weight is 361 g/mol. The first-order valence-electron chi connectivity index (χ1n) is 10.1. The van der Waals surface area contributed by atoms with Crippen LogP contribution in [-0.2, 0) is 0 Å². The first kappa shape index (κ1) is 18.0. The van der Waals surface area contributed by atoms with Gasteiger partial charge >= 0.3 is 0 Å². The second kappa shape index (κ2) is 8.53. The predicted molar refractivity (Wildman–Crippen MR) is 111 cm³/mol. The molecule has 2 aromatic rings. The molecule has 27 heavy (non-hydrogen) atoms. The van der Waals surface area contributed by atoms with E-state index in [0.29, 0.717) is 12.1 Å². The largest absolute Gasteiger partial charge is 0.349 e. The predicted octanol–water partition coefficient (Wildman–Crippen LogP) is 4.52. The monoisotopic (exact) mass is 360 g/mol. The molecular weight excluding hydrogens is 332 g/mol. The Labute approximate surface area is 162 Å². The quantitative estimate of drug-likeness (QED) is 0.870. The van der Waals surface area contributed by atoms with Gasteiger partial charge in [-0.05, 0) is 55.4 Å². The smallest absolute Gasteiger partial charge is 0.251 e. The van der Waals surface area contributed by atoms with Crippen molar-refractivity contribution in [2.24, 2.45) is 0 Å². The van der Waals surface area contributed by atoms with Crippen molar-refractivity contribution in [1.29, 1.82) is 0 Å². The highest BCUT2D eigenvalue weighted by molar-refractivity contribution is 5.94. The van der Waals surface area contributed by atoms with Crippen molar-refractivity contribution in [3.8, 4) is 0 Å². The van der Waals surface area contributed by atoms with Crippen LogP contribution in [0.25, 0.3) is 5.57 Å². The van der Waals surface area contributed by atoms with Gasteiger partial charge in [0.2, 0.25) is 0 Å². The molecule has 1 heterocycles. The van der Waals surface area contributed by atoms with Gasteiger partial charge in [0, 0.05) is 30.7 Å². The molecule has 1 N–H and O–H groups in total. The standard InChI is InChI=1S/C24H28N2O/c27-24(21-9-5-2-6-10-21)25-22-11-13-23(14-12-22)26-17-15-20(16-18-26)19-7-3-1-4-8-19/h1-10,15,22-23H,11-14,16-18H2,(H,25,27)/t22-,23-. The van der Waals surface area contributed by atoms with E-state index in [0.717, 1.165) is 37.9 Å². The molecule has 1 aliphatic carbocycles. The summed E-state index contributed by atoms with van der Waals surface area (Å²) in [7, 11) is 0. The molecular formula is C24H28N2O. The highest BCUT2D eigenvalue weighted by Gasteiger charge is 2.27. The normalized spacial score (nSPS) is 23.5. The molecule has 0 saturated heterocycles. The summed E-state index contributed by atoms with van der Waals surface area (Å²) in [5, 5.41) is 3.22. The first-order valence-corrected chi connectivity index (χ1v) is 10.1. The topological polar surface area (TPSA) is 32.3 Å². The van der Waals surface area contributed by atoms with E-state index in [-0.39, 0.29) is 5.91 Å². The maximum Gasteiger partial charge on any atom is 0.251 e. The summed E-state index contributed by atoms with van der Waals surface area (Å²) in [5.41, 5.74) is 3.61. The van der Waals surface area contributed by atoms with Crippen LogP contribution in [0.1, 0.15) is 48.0 Å². The fourth-order valence-corrected chi connectivity index (χ4v) is 4.37. The third-order valence-corrected chi connectivity index (χ3v) is 5.97. The van der Waals surface area contributed by atoms with Crippen LogP contribution in [0.2, 0.25) is 0 Å². The number of hydrogen-bond donors (Lipinski definition) is 1. The maximum atomic E-state index is 12.3. The van der Waals surface area contributed by atoms with Gasteiger partial charge in [-0.2, -0.15) is 0 Å². The lowest BCUT2D eigenvalue weighted by Crippen LogP contribution is -2.45. The number of rotatable bonds is 4. The third kappa shape index (κ3) is 4.48. The van der Waals surface area contributed by atoms with Gasteiger partial charge in [-0.25, -0.2) is 0 Å². The summed E-state index contributed by atoms with van der Waals surface area (Å²) in [4.78, 5) is 15.0. The Kier molecular flexibility index (Phi) is 5.69. The summed E-state index contributed by atoms with van der Waals surface area (Å²) in [6, 6.07) is 21.2. The van der Waals surface area contributed by atoms with Gasteiger partial charge in [0.1, 0.15) is 0 Å². The fraction of sp³-hybridized carbons (Fsp3) is 0.375. The number of benzene rings is 2. The Morgan fingerprint density at radius 3 is 2.19 bits per heavy atom. The Morgan fingerprint density at radius 1 is 0.889 bits per heavy atom. The summed E-state index contributed by atoms with van der Waals surface area (Å²) in [5.74, 6) is 0.0625. The van der Waals surface area contributed by atoms with Crippen LogP contribution >= 0.6 is 0 Å². The molecule has 2 aromatic carbocycles. The highest BCUT2D eigenvalue weighted by atomic mass is 16.1. The second-order valence-electron chi connectivity index (χ2n) is 7.69. The Bertz CT molecular complexity index is 777. The Morgan fingerprint density at radius 2 is 1.56 bits per heavy atom. The van der Waals surface area contributed by atoms with E-state index in [9.17, 15) is 4.79 Å². The molecule has 0 radical (unpaired) electrons. The van der Waals surface area contributed by atoms with Gasteiger partial charge < -0.3 is 5.32 Å². The van der Waals surface area contributed by atoms with Crippen molar-refractivity contribution >= 4 is 11.5 Å². The number of nitrogens with zero attached hydrogens (tertiary/aromatic N) is 1. The van der Waals surface area contributed by atoms with Crippen molar-refractivity contribution in [3.63, 3.8) is 0 Å². The minimum Gasteiger partial charge on any atom is -0.349 e. The van der Waals surface area contributed by atoms with Crippen molar-refractivity contribution in [1.82, 2.24) is 10.2 Å². The van der Waals surface area contributed by atoms with E-state index in [2.05, 4.69) is 46.6 Å². The molecule has 1 fully saturated rings. The lowest BCUT2D eigenvalue weighted by Gasteiger charge is -2.38.